The molecule has 2 N–H and O–H groups in total. The van der Waals surface area contributed by atoms with E-state index in [0.717, 1.165) is 0 Å². The van der Waals surface area contributed by atoms with E-state index in [1.807, 2.05) is 0 Å². The Kier molecular flexibility index (Phi) is 7.68. The summed E-state index contributed by atoms with van der Waals surface area (Å²) in [6.07, 6.45) is -19.2. The van der Waals surface area contributed by atoms with E-state index in [4.69, 9.17) is 9.47 Å². The average Bonchev–Trinajstić information content (AvgIpc) is 3.28. The van der Waals surface area contributed by atoms with Crippen LogP contribution in [0.25, 0.3) is 0 Å². The zero-order chi connectivity index (χ0) is 23.7. The van der Waals surface area contributed by atoms with Crippen LogP contribution in [0.3, 0.4) is 0 Å². The van der Waals surface area contributed by atoms with E-state index in [-0.39, 0.29) is 12.3 Å². The molecule has 176 valence electrons. The molecule has 1 fully saturated rings. The molecule has 1 aliphatic rings. The fourth-order valence-electron chi connectivity index (χ4n) is 2.57. The van der Waals surface area contributed by atoms with Gasteiger partial charge >= 0.3 is 24.4 Å². The van der Waals surface area contributed by atoms with E-state index in [9.17, 15) is 41.0 Å². The van der Waals surface area contributed by atoms with Gasteiger partial charge in [0.1, 0.15) is 11.7 Å². The standard InChI is InChI=1S/C17H25F6NO6/c1-8(2)6-9(24-13(27)30-14(3,4)5)10(25)15(7-28-15)12(26)29-11(16(18,19)20)17(21,22)23/h8-11,25H,6-7H2,1-5H3,(H,24,27)/t9-,10+,15-/m0/s1. The molecule has 0 radical (unpaired) electrons. The predicted octanol–water partition coefficient (Wildman–Crippen LogP) is 3.09. The van der Waals surface area contributed by atoms with Gasteiger partial charge in [-0.2, -0.15) is 26.3 Å². The number of alkyl halides is 6. The molecule has 1 rings (SSSR count). The van der Waals surface area contributed by atoms with Gasteiger partial charge < -0.3 is 24.6 Å². The van der Waals surface area contributed by atoms with Crippen LogP contribution in [0.5, 0.6) is 0 Å². The summed E-state index contributed by atoms with van der Waals surface area (Å²) in [7, 11) is 0. The minimum absolute atomic E-state index is 0.0147. The van der Waals surface area contributed by atoms with E-state index in [1.54, 1.807) is 34.6 Å². The second kappa shape index (κ2) is 8.77. The summed E-state index contributed by atoms with van der Waals surface area (Å²) in [6.45, 7) is 7.34. The minimum Gasteiger partial charge on any atom is -0.444 e. The van der Waals surface area contributed by atoms with Crippen molar-refractivity contribution in [2.24, 2.45) is 5.92 Å². The first-order valence-corrected chi connectivity index (χ1v) is 8.95. The fraction of sp³-hybridized carbons (Fsp3) is 0.882. The van der Waals surface area contributed by atoms with Crippen LogP contribution in [0.1, 0.15) is 41.0 Å². The summed E-state index contributed by atoms with van der Waals surface area (Å²) in [6, 6.07) is -1.27. The second-order valence-corrected chi connectivity index (χ2v) is 8.37. The lowest BCUT2D eigenvalue weighted by Crippen LogP contribution is -2.56. The van der Waals surface area contributed by atoms with Crippen LogP contribution in [-0.4, -0.2) is 65.6 Å². The number of carbonyl (C=O) groups is 2. The molecule has 0 bridgehead atoms. The number of epoxide rings is 1. The Morgan fingerprint density at radius 2 is 1.57 bits per heavy atom. The van der Waals surface area contributed by atoms with Crippen molar-refractivity contribution in [3.8, 4) is 0 Å². The average molecular weight is 453 g/mol. The first kappa shape index (κ1) is 26.3. The lowest BCUT2D eigenvalue weighted by atomic mass is 9.90. The molecule has 0 aromatic carbocycles. The number of carbonyl (C=O) groups excluding carboxylic acids is 2. The molecule has 1 aliphatic heterocycles. The zero-order valence-electron chi connectivity index (χ0n) is 17.0. The summed E-state index contributed by atoms with van der Waals surface area (Å²) in [5.74, 6) is -2.22. The van der Waals surface area contributed by atoms with Crippen molar-refractivity contribution in [3.63, 3.8) is 0 Å². The van der Waals surface area contributed by atoms with Crippen LogP contribution in [-0.2, 0) is 19.0 Å². The third-order valence-corrected chi connectivity index (χ3v) is 3.91. The number of rotatable bonds is 7. The van der Waals surface area contributed by atoms with Gasteiger partial charge in [0.25, 0.3) is 6.10 Å². The van der Waals surface area contributed by atoms with Crippen molar-refractivity contribution in [2.45, 2.75) is 82.8 Å². The third kappa shape index (κ3) is 7.18. The highest BCUT2D eigenvalue weighted by Crippen LogP contribution is 2.40. The molecule has 1 saturated heterocycles. The van der Waals surface area contributed by atoms with E-state index in [2.05, 4.69) is 10.1 Å². The van der Waals surface area contributed by atoms with Gasteiger partial charge in [0.2, 0.25) is 5.60 Å². The highest BCUT2D eigenvalue weighted by Gasteiger charge is 2.66. The normalized spacial score (nSPS) is 21.9. The Balaban J connectivity index is 3.03. The van der Waals surface area contributed by atoms with Crippen molar-refractivity contribution in [2.75, 3.05) is 6.61 Å². The van der Waals surface area contributed by atoms with Crippen LogP contribution in [0.4, 0.5) is 31.1 Å². The number of ether oxygens (including phenoxy) is 3. The van der Waals surface area contributed by atoms with Crippen molar-refractivity contribution in [1.82, 2.24) is 5.32 Å². The Bertz CT molecular complexity index is 610. The van der Waals surface area contributed by atoms with E-state index >= 15 is 0 Å². The van der Waals surface area contributed by atoms with E-state index in [1.165, 1.54) is 0 Å². The smallest absolute Gasteiger partial charge is 0.434 e. The molecule has 13 heteroatoms. The molecule has 1 amide bonds. The number of esters is 1. The maximum atomic E-state index is 12.7. The van der Waals surface area contributed by atoms with Crippen molar-refractivity contribution >= 4 is 12.1 Å². The van der Waals surface area contributed by atoms with E-state index < -0.39 is 60.5 Å². The molecule has 0 aliphatic carbocycles. The number of halogens is 6. The van der Waals surface area contributed by atoms with Gasteiger partial charge in [-0.3, -0.25) is 0 Å². The van der Waals surface area contributed by atoms with Crippen LogP contribution in [0.2, 0.25) is 0 Å². The molecule has 7 nitrogen and oxygen atoms in total. The van der Waals surface area contributed by atoms with Gasteiger partial charge in [0, 0.05) is 0 Å². The van der Waals surface area contributed by atoms with Gasteiger partial charge in [-0.05, 0) is 33.1 Å². The fourth-order valence-corrected chi connectivity index (χ4v) is 2.57. The number of aliphatic hydroxyl groups excluding tert-OH is 1. The molecule has 3 atom stereocenters. The van der Waals surface area contributed by atoms with Crippen LogP contribution < -0.4 is 5.32 Å². The molecule has 0 aromatic rings. The van der Waals surface area contributed by atoms with Gasteiger partial charge in [0.15, 0.2) is 0 Å². The topological polar surface area (TPSA) is 97.4 Å². The summed E-state index contributed by atoms with van der Waals surface area (Å²) >= 11 is 0. The van der Waals surface area contributed by atoms with Crippen molar-refractivity contribution in [1.29, 1.82) is 0 Å². The minimum atomic E-state index is -5.92. The molecule has 0 spiro atoms. The first-order chi connectivity index (χ1) is 13.3. The number of alkyl carbamates (subject to hydrolysis) is 1. The predicted molar refractivity (Wildman–Crippen MR) is 89.3 cm³/mol. The SMILES string of the molecule is CC(C)C[C@H](NC(=O)OC(C)(C)C)[C@@H](O)[C@]1(C(=O)OC(C(F)(F)F)C(F)(F)F)CO1. The monoisotopic (exact) mass is 453 g/mol. The highest BCUT2D eigenvalue weighted by molar-refractivity contribution is 5.84. The Morgan fingerprint density at radius 3 is 1.90 bits per heavy atom. The van der Waals surface area contributed by atoms with Crippen LogP contribution in [0.15, 0.2) is 0 Å². The van der Waals surface area contributed by atoms with Crippen molar-refractivity contribution < 1.29 is 55.2 Å². The van der Waals surface area contributed by atoms with Gasteiger partial charge in [-0.1, -0.05) is 13.8 Å². The Morgan fingerprint density at radius 1 is 1.10 bits per heavy atom. The summed E-state index contributed by atoms with van der Waals surface area (Å²) in [5.41, 5.74) is -3.39. The number of nitrogens with one attached hydrogen (secondary N) is 1. The molecule has 0 saturated carbocycles. The number of aliphatic hydroxyl groups is 1. The summed E-state index contributed by atoms with van der Waals surface area (Å²) in [4.78, 5) is 24.1. The Labute approximate surface area is 169 Å². The highest BCUT2D eigenvalue weighted by atomic mass is 19.4. The number of hydrogen-bond donors (Lipinski definition) is 2. The lowest BCUT2D eigenvalue weighted by Gasteiger charge is -2.31. The first-order valence-electron chi connectivity index (χ1n) is 8.95. The third-order valence-electron chi connectivity index (χ3n) is 3.91. The zero-order valence-corrected chi connectivity index (χ0v) is 17.0. The second-order valence-electron chi connectivity index (χ2n) is 8.37. The lowest BCUT2D eigenvalue weighted by molar-refractivity contribution is -0.315. The molecule has 0 unspecified atom stereocenters. The number of hydrogen-bond acceptors (Lipinski definition) is 6. The molecule has 1 heterocycles. The van der Waals surface area contributed by atoms with Gasteiger partial charge in [-0.25, -0.2) is 9.59 Å². The molecule has 0 aromatic heterocycles. The largest absolute Gasteiger partial charge is 0.444 e. The van der Waals surface area contributed by atoms with Gasteiger partial charge in [-0.15, -0.1) is 0 Å². The summed E-state index contributed by atoms with van der Waals surface area (Å²) < 4.78 is 89.5. The van der Waals surface area contributed by atoms with Gasteiger partial charge in [0.05, 0.1) is 12.6 Å². The van der Waals surface area contributed by atoms with E-state index in [0.29, 0.717) is 0 Å². The quantitative estimate of drug-likeness (QED) is 0.349. The van der Waals surface area contributed by atoms with Crippen molar-refractivity contribution in [3.05, 3.63) is 0 Å². The summed E-state index contributed by atoms with van der Waals surface area (Å²) in [5, 5.41) is 12.8. The molecular formula is C17H25F6NO6. The van der Waals surface area contributed by atoms with Crippen LogP contribution >= 0.6 is 0 Å². The number of amides is 1. The Hall–Kier alpha value is -1.76. The molecule has 30 heavy (non-hydrogen) atoms. The molecular weight excluding hydrogens is 428 g/mol. The maximum absolute atomic E-state index is 12.7. The maximum Gasteiger partial charge on any atom is 0.434 e. The van der Waals surface area contributed by atoms with Crippen LogP contribution in [0, 0.1) is 5.92 Å².